The van der Waals surface area contributed by atoms with Gasteiger partial charge in [-0.15, -0.1) is 5.10 Å². The van der Waals surface area contributed by atoms with Crippen molar-refractivity contribution in [2.45, 2.75) is 24.5 Å². The van der Waals surface area contributed by atoms with Crippen molar-refractivity contribution >= 4 is 16.9 Å². The lowest BCUT2D eigenvalue weighted by molar-refractivity contribution is -0.0511. The first kappa shape index (κ1) is 12.2. The zero-order valence-corrected chi connectivity index (χ0v) is 9.79. The van der Waals surface area contributed by atoms with E-state index >= 15 is 0 Å². The first-order chi connectivity index (χ1) is 9.13. The van der Waals surface area contributed by atoms with Crippen molar-refractivity contribution in [2.24, 2.45) is 0 Å². The number of anilines is 1. The quantitative estimate of drug-likeness (QED) is 0.491. The lowest BCUT2D eigenvalue weighted by atomic mass is 10.1. The molecule has 2 aromatic heterocycles. The number of nitrogens with zero attached hydrogens (tertiary/aromatic N) is 4. The van der Waals surface area contributed by atoms with Crippen LogP contribution in [0, 0.1) is 0 Å². The van der Waals surface area contributed by atoms with Gasteiger partial charge in [-0.3, -0.25) is 4.57 Å². The summed E-state index contributed by atoms with van der Waals surface area (Å²) in [6.45, 7) is -0.394. The smallest absolute Gasteiger partial charge is 0.186 e. The van der Waals surface area contributed by atoms with Crippen LogP contribution < -0.4 is 5.73 Å². The summed E-state index contributed by atoms with van der Waals surface area (Å²) in [5.41, 5.74) is 6.85. The highest BCUT2D eigenvalue weighted by molar-refractivity contribution is 5.82. The molecule has 0 saturated carbocycles. The molecule has 0 unspecified atom stereocenters. The first-order valence-electron chi connectivity index (χ1n) is 5.69. The summed E-state index contributed by atoms with van der Waals surface area (Å²) in [6.07, 6.45) is -1.36. The average molecular weight is 267 g/mol. The zero-order valence-electron chi connectivity index (χ0n) is 9.79. The van der Waals surface area contributed by atoms with Gasteiger partial charge in [-0.25, -0.2) is 4.98 Å². The third kappa shape index (κ3) is 1.75. The predicted molar refractivity (Wildman–Crippen MR) is 62.7 cm³/mol. The molecule has 4 atom stereocenters. The van der Waals surface area contributed by atoms with E-state index in [1.54, 1.807) is 0 Å². The van der Waals surface area contributed by atoms with Crippen LogP contribution in [0.15, 0.2) is 12.5 Å². The summed E-state index contributed by atoms with van der Waals surface area (Å²) >= 11 is 0. The molecule has 19 heavy (non-hydrogen) atoms. The number of aliphatic hydroxyl groups is 3. The standard InChI is InChI=1S/C10H13N5O4/c11-4-1-13-14-9-6(4)12-3-15(9)10-8(18)7(17)5(2-16)19-10/h1,3,5,7-8,10,16-18H,2H2,(H2,11,14)/t5-,7-,8-,10-/m1/s1. The fourth-order valence-electron chi connectivity index (χ4n) is 2.16. The second-order valence-corrected chi connectivity index (χ2v) is 4.35. The third-order valence-corrected chi connectivity index (χ3v) is 3.18. The van der Waals surface area contributed by atoms with Crippen molar-refractivity contribution in [1.82, 2.24) is 19.7 Å². The summed E-state index contributed by atoms with van der Waals surface area (Å²) in [7, 11) is 0. The molecule has 2 aromatic rings. The van der Waals surface area contributed by atoms with Crippen LogP contribution in [0.3, 0.4) is 0 Å². The summed E-state index contributed by atoms with van der Waals surface area (Å²) in [6, 6.07) is 0. The van der Waals surface area contributed by atoms with E-state index in [1.807, 2.05) is 0 Å². The molecule has 0 amide bonds. The van der Waals surface area contributed by atoms with Crippen LogP contribution >= 0.6 is 0 Å². The Hall–Kier alpha value is -1.81. The maximum Gasteiger partial charge on any atom is 0.186 e. The maximum absolute atomic E-state index is 9.95. The highest BCUT2D eigenvalue weighted by Gasteiger charge is 2.43. The van der Waals surface area contributed by atoms with E-state index in [0.29, 0.717) is 16.9 Å². The molecule has 3 heterocycles. The molecule has 0 spiro atoms. The van der Waals surface area contributed by atoms with Crippen molar-refractivity contribution in [1.29, 1.82) is 0 Å². The van der Waals surface area contributed by atoms with Crippen molar-refractivity contribution in [3.8, 4) is 0 Å². The number of ether oxygens (including phenoxy) is 1. The molecule has 0 bridgehead atoms. The van der Waals surface area contributed by atoms with Gasteiger partial charge < -0.3 is 25.8 Å². The highest BCUT2D eigenvalue weighted by atomic mass is 16.6. The second-order valence-electron chi connectivity index (χ2n) is 4.35. The SMILES string of the molecule is Nc1cnnc2c1ncn2[C@@H]1O[C@H](CO)[C@@H](O)[C@H]1O. The lowest BCUT2D eigenvalue weighted by Gasteiger charge is -2.16. The number of hydrogen-bond donors (Lipinski definition) is 4. The molecule has 0 aliphatic carbocycles. The van der Waals surface area contributed by atoms with Gasteiger partial charge in [-0.05, 0) is 0 Å². The largest absolute Gasteiger partial charge is 0.396 e. The molecule has 9 heteroatoms. The summed E-state index contributed by atoms with van der Waals surface area (Å²) < 4.78 is 6.82. The molecular weight excluding hydrogens is 254 g/mol. The molecule has 0 aromatic carbocycles. The minimum absolute atomic E-state index is 0.342. The lowest BCUT2D eigenvalue weighted by Crippen LogP contribution is -2.33. The zero-order chi connectivity index (χ0) is 13.6. The third-order valence-electron chi connectivity index (χ3n) is 3.18. The van der Waals surface area contributed by atoms with Crippen molar-refractivity contribution < 1.29 is 20.1 Å². The maximum atomic E-state index is 9.95. The first-order valence-corrected chi connectivity index (χ1v) is 5.69. The fraction of sp³-hybridized carbons (Fsp3) is 0.500. The Balaban J connectivity index is 2.04. The van der Waals surface area contributed by atoms with Crippen molar-refractivity contribution in [3.05, 3.63) is 12.5 Å². The minimum atomic E-state index is -1.20. The Morgan fingerprint density at radius 1 is 1.37 bits per heavy atom. The molecule has 1 fully saturated rings. The van der Waals surface area contributed by atoms with E-state index in [9.17, 15) is 10.2 Å². The highest BCUT2D eigenvalue weighted by Crippen LogP contribution is 2.31. The van der Waals surface area contributed by atoms with Gasteiger partial charge in [0.05, 0.1) is 24.8 Å². The van der Waals surface area contributed by atoms with Crippen LogP contribution in [-0.4, -0.2) is 60.0 Å². The molecular formula is C10H13N5O4. The Kier molecular flexibility index (Phi) is 2.82. The van der Waals surface area contributed by atoms with Gasteiger partial charge in [0.2, 0.25) is 0 Å². The number of rotatable bonds is 2. The van der Waals surface area contributed by atoms with Gasteiger partial charge in [0.15, 0.2) is 11.9 Å². The fourth-order valence-corrected chi connectivity index (χ4v) is 2.16. The monoisotopic (exact) mass is 267 g/mol. The Labute approximate surface area is 107 Å². The number of fused-ring (bicyclic) bond motifs is 1. The van der Waals surface area contributed by atoms with E-state index in [1.165, 1.54) is 17.1 Å². The number of imidazole rings is 1. The van der Waals surface area contributed by atoms with Crippen LogP contribution in [0.25, 0.3) is 11.2 Å². The van der Waals surface area contributed by atoms with Gasteiger partial charge in [-0.2, -0.15) is 5.10 Å². The van der Waals surface area contributed by atoms with Crippen LogP contribution in [0.2, 0.25) is 0 Å². The summed E-state index contributed by atoms with van der Waals surface area (Å²) in [4.78, 5) is 4.07. The van der Waals surface area contributed by atoms with Crippen LogP contribution in [0.1, 0.15) is 6.23 Å². The minimum Gasteiger partial charge on any atom is -0.396 e. The van der Waals surface area contributed by atoms with Gasteiger partial charge in [0, 0.05) is 0 Å². The van der Waals surface area contributed by atoms with Gasteiger partial charge in [0.25, 0.3) is 0 Å². The topological polar surface area (TPSA) is 140 Å². The Morgan fingerprint density at radius 2 is 2.16 bits per heavy atom. The van der Waals surface area contributed by atoms with Crippen molar-refractivity contribution in [2.75, 3.05) is 12.3 Å². The molecule has 0 radical (unpaired) electrons. The van der Waals surface area contributed by atoms with Crippen LogP contribution in [0.4, 0.5) is 5.69 Å². The van der Waals surface area contributed by atoms with E-state index in [-0.39, 0.29) is 0 Å². The van der Waals surface area contributed by atoms with E-state index in [4.69, 9.17) is 15.6 Å². The molecule has 1 saturated heterocycles. The normalized spacial score (nSPS) is 31.1. The molecule has 102 valence electrons. The Bertz CT molecular complexity index is 603. The Morgan fingerprint density at radius 3 is 2.84 bits per heavy atom. The molecule has 1 aliphatic heterocycles. The number of hydrogen-bond acceptors (Lipinski definition) is 8. The number of nitrogens with two attached hydrogens (primary N) is 1. The predicted octanol–water partition coefficient (Wildman–Crippen LogP) is -1.98. The van der Waals surface area contributed by atoms with Crippen molar-refractivity contribution in [3.63, 3.8) is 0 Å². The average Bonchev–Trinajstić information content (AvgIpc) is 2.94. The summed E-state index contributed by atoms with van der Waals surface area (Å²) in [5, 5.41) is 36.3. The van der Waals surface area contributed by atoms with Gasteiger partial charge >= 0.3 is 0 Å². The second kappa shape index (κ2) is 4.38. The molecule has 5 N–H and O–H groups in total. The molecule has 9 nitrogen and oxygen atoms in total. The molecule has 3 rings (SSSR count). The van der Waals surface area contributed by atoms with Crippen LogP contribution in [-0.2, 0) is 4.74 Å². The number of aromatic nitrogens is 4. The van der Waals surface area contributed by atoms with Gasteiger partial charge in [-0.1, -0.05) is 0 Å². The summed E-state index contributed by atoms with van der Waals surface area (Å²) in [5.74, 6) is 0. The van der Waals surface area contributed by atoms with Crippen LogP contribution in [0.5, 0.6) is 0 Å². The van der Waals surface area contributed by atoms with E-state index in [0.717, 1.165) is 0 Å². The van der Waals surface area contributed by atoms with E-state index in [2.05, 4.69) is 15.2 Å². The number of nitrogen functional groups attached to an aromatic ring is 1. The molecule has 1 aliphatic rings. The van der Waals surface area contributed by atoms with Gasteiger partial charge in [0.1, 0.15) is 23.8 Å². The van der Waals surface area contributed by atoms with E-state index < -0.39 is 31.1 Å². The number of aliphatic hydroxyl groups excluding tert-OH is 3.